The van der Waals surface area contributed by atoms with Gasteiger partial charge in [0.25, 0.3) is 5.91 Å². The molecule has 0 spiro atoms. The van der Waals surface area contributed by atoms with E-state index in [-0.39, 0.29) is 22.0 Å². The molecule has 0 atom stereocenters. The number of halogens is 2. The van der Waals surface area contributed by atoms with Crippen molar-refractivity contribution in [1.82, 2.24) is 0 Å². The fraction of sp³-hybridized carbons (Fsp3) is 0. The summed E-state index contributed by atoms with van der Waals surface area (Å²) in [6, 6.07) is 9.45. The molecular formula is C15H11ClFN3O3. The Hall–Kier alpha value is -2.93. The standard InChI is InChI=1S/C15H11ClFN3O3/c16-10-7-8(5-6-11(10)17)19-14(22)15(23)20-12-4-2-1-3-9(12)13(18)21/h1-7H,(H2,18,21)(H,19,22)(H,20,23). The van der Waals surface area contributed by atoms with Crippen molar-refractivity contribution in [3.8, 4) is 0 Å². The van der Waals surface area contributed by atoms with Crippen molar-refractivity contribution in [3.05, 3.63) is 58.9 Å². The molecule has 0 unspecified atom stereocenters. The smallest absolute Gasteiger partial charge is 0.314 e. The van der Waals surface area contributed by atoms with Crippen LogP contribution in [-0.2, 0) is 9.59 Å². The maximum atomic E-state index is 13.0. The number of carbonyl (C=O) groups is 3. The number of nitrogens with two attached hydrogens (primary N) is 1. The number of anilines is 2. The molecule has 2 rings (SSSR count). The number of hydrogen-bond acceptors (Lipinski definition) is 3. The van der Waals surface area contributed by atoms with Crippen LogP contribution in [0.4, 0.5) is 15.8 Å². The number of amides is 3. The third-order valence-corrected chi connectivity index (χ3v) is 3.11. The quantitative estimate of drug-likeness (QED) is 0.749. The summed E-state index contributed by atoms with van der Waals surface area (Å²) in [4.78, 5) is 34.9. The topological polar surface area (TPSA) is 101 Å². The van der Waals surface area contributed by atoms with Crippen LogP contribution in [0.15, 0.2) is 42.5 Å². The Balaban J connectivity index is 2.10. The zero-order valence-electron chi connectivity index (χ0n) is 11.6. The Labute approximate surface area is 135 Å². The van der Waals surface area contributed by atoms with E-state index >= 15 is 0 Å². The van der Waals surface area contributed by atoms with Gasteiger partial charge in [-0.2, -0.15) is 0 Å². The fourth-order valence-corrected chi connectivity index (χ4v) is 1.93. The minimum atomic E-state index is -1.01. The van der Waals surface area contributed by atoms with Gasteiger partial charge in [-0.1, -0.05) is 23.7 Å². The van der Waals surface area contributed by atoms with E-state index in [0.29, 0.717) is 0 Å². The molecule has 0 aromatic heterocycles. The van der Waals surface area contributed by atoms with Crippen LogP contribution in [-0.4, -0.2) is 17.7 Å². The first-order valence-corrected chi connectivity index (χ1v) is 6.72. The van der Waals surface area contributed by atoms with Crippen LogP contribution in [0.3, 0.4) is 0 Å². The van der Waals surface area contributed by atoms with E-state index in [1.54, 1.807) is 12.1 Å². The van der Waals surface area contributed by atoms with Crippen LogP contribution >= 0.6 is 11.6 Å². The first kappa shape index (κ1) is 16.4. The predicted octanol–water partition coefficient (Wildman–Crippen LogP) is 2.16. The third kappa shape index (κ3) is 4.04. The zero-order chi connectivity index (χ0) is 17.0. The highest BCUT2D eigenvalue weighted by Crippen LogP contribution is 2.19. The fourth-order valence-electron chi connectivity index (χ4n) is 1.75. The molecule has 23 heavy (non-hydrogen) atoms. The van der Waals surface area contributed by atoms with Gasteiger partial charge in [0.05, 0.1) is 16.3 Å². The molecule has 0 aliphatic carbocycles. The largest absolute Gasteiger partial charge is 0.366 e. The molecule has 0 heterocycles. The maximum absolute atomic E-state index is 13.0. The van der Waals surface area contributed by atoms with Gasteiger partial charge in [0.1, 0.15) is 5.82 Å². The summed E-state index contributed by atoms with van der Waals surface area (Å²) < 4.78 is 13.0. The van der Waals surface area contributed by atoms with Crippen LogP contribution in [0.5, 0.6) is 0 Å². The molecule has 3 amide bonds. The second kappa shape index (κ2) is 6.89. The Morgan fingerprint density at radius 1 is 1.00 bits per heavy atom. The molecule has 0 bridgehead atoms. The number of para-hydroxylation sites is 1. The number of carbonyl (C=O) groups excluding carboxylic acids is 3. The second-order valence-electron chi connectivity index (χ2n) is 4.45. The van der Waals surface area contributed by atoms with Crippen molar-refractivity contribution >= 4 is 40.7 Å². The molecule has 0 saturated heterocycles. The first-order chi connectivity index (χ1) is 10.9. The van der Waals surface area contributed by atoms with Gasteiger partial charge in [-0.3, -0.25) is 14.4 Å². The molecule has 0 radical (unpaired) electrons. The van der Waals surface area contributed by atoms with E-state index in [1.807, 2.05) is 0 Å². The van der Waals surface area contributed by atoms with Gasteiger partial charge >= 0.3 is 11.8 Å². The predicted molar refractivity (Wildman–Crippen MR) is 83.6 cm³/mol. The lowest BCUT2D eigenvalue weighted by molar-refractivity contribution is -0.133. The summed E-state index contributed by atoms with van der Waals surface area (Å²) in [5.74, 6) is -3.41. The van der Waals surface area contributed by atoms with Crippen LogP contribution < -0.4 is 16.4 Å². The van der Waals surface area contributed by atoms with Crippen molar-refractivity contribution in [2.24, 2.45) is 5.73 Å². The Kier molecular flexibility index (Phi) is 4.92. The van der Waals surface area contributed by atoms with Crippen molar-refractivity contribution < 1.29 is 18.8 Å². The van der Waals surface area contributed by atoms with E-state index < -0.39 is 23.5 Å². The number of hydrogen-bond donors (Lipinski definition) is 3. The lowest BCUT2D eigenvalue weighted by Crippen LogP contribution is -2.30. The summed E-state index contributed by atoms with van der Waals surface area (Å²) in [6.45, 7) is 0. The molecule has 118 valence electrons. The van der Waals surface area contributed by atoms with Crippen molar-refractivity contribution in [2.75, 3.05) is 10.6 Å². The first-order valence-electron chi connectivity index (χ1n) is 6.34. The summed E-state index contributed by atoms with van der Waals surface area (Å²) >= 11 is 5.58. The van der Waals surface area contributed by atoms with E-state index in [9.17, 15) is 18.8 Å². The number of rotatable bonds is 3. The zero-order valence-corrected chi connectivity index (χ0v) is 12.4. The lowest BCUT2D eigenvalue weighted by Gasteiger charge is -2.09. The minimum Gasteiger partial charge on any atom is -0.366 e. The van der Waals surface area contributed by atoms with Gasteiger partial charge in [0.2, 0.25) is 0 Å². The Morgan fingerprint density at radius 2 is 1.65 bits per heavy atom. The van der Waals surface area contributed by atoms with Gasteiger partial charge in [0, 0.05) is 5.69 Å². The Morgan fingerprint density at radius 3 is 2.30 bits per heavy atom. The van der Waals surface area contributed by atoms with Crippen molar-refractivity contribution in [1.29, 1.82) is 0 Å². The van der Waals surface area contributed by atoms with Gasteiger partial charge in [-0.15, -0.1) is 0 Å². The summed E-state index contributed by atoms with van der Waals surface area (Å²) in [5.41, 5.74) is 5.51. The molecule has 0 saturated carbocycles. The minimum absolute atomic E-state index is 0.0680. The molecule has 8 heteroatoms. The molecule has 2 aromatic rings. The average Bonchev–Trinajstić information content (AvgIpc) is 2.51. The van der Waals surface area contributed by atoms with Crippen LogP contribution in [0.2, 0.25) is 5.02 Å². The van der Waals surface area contributed by atoms with Crippen LogP contribution in [0.25, 0.3) is 0 Å². The van der Waals surface area contributed by atoms with Gasteiger partial charge in [0.15, 0.2) is 0 Å². The van der Waals surface area contributed by atoms with E-state index in [1.165, 1.54) is 24.3 Å². The van der Waals surface area contributed by atoms with Gasteiger partial charge in [-0.05, 0) is 30.3 Å². The summed E-state index contributed by atoms with van der Waals surface area (Å²) in [5, 5.41) is 4.35. The normalized spacial score (nSPS) is 10.0. The van der Waals surface area contributed by atoms with E-state index in [4.69, 9.17) is 17.3 Å². The average molecular weight is 336 g/mol. The van der Waals surface area contributed by atoms with E-state index in [0.717, 1.165) is 6.07 Å². The van der Waals surface area contributed by atoms with Crippen LogP contribution in [0, 0.1) is 5.82 Å². The lowest BCUT2D eigenvalue weighted by atomic mass is 10.1. The molecule has 0 aliphatic heterocycles. The molecule has 0 aliphatic rings. The number of primary amides is 1. The highest BCUT2D eigenvalue weighted by Gasteiger charge is 2.17. The van der Waals surface area contributed by atoms with Crippen LogP contribution in [0.1, 0.15) is 10.4 Å². The number of benzene rings is 2. The SMILES string of the molecule is NC(=O)c1ccccc1NC(=O)C(=O)Nc1ccc(F)c(Cl)c1. The monoisotopic (exact) mass is 335 g/mol. The second-order valence-corrected chi connectivity index (χ2v) is 4.85. The van der Waals surface area contributed by atoms with E-state index in [2.05, 4.69) is 10.6 Å². The van der Waals surface area contributed by atoms with Gasteiger partial charge in [-0.25, -0.2) is 4.39 Å². The van der Waals surface area contributed by atoms with Crippen molar-refractivity contribution in [2.45, 2.75) is 0 Å². The highest BCUT2D eigenvalue weighted by atomic mass is 35.5. The molecule has 4 N–H and O–H groups in total. The summed E-state index contributed by atoms with van der Waals surface area (Å²) in [7, 11) is 0. The van der Waals surface area contributed by atoms with Gasteiger partial charge < -0.3 is 16.4 Å². The number of nitrogens with one attached hydrogen (secondary N) is 2. The van der Waals surface area contributed by atoms with Crippen molar-refractivity contribution in [3.63, 3.8) is 0 Å². The molecule has 2 aromatic carbocycles. The third-order valence-electron chi connectivity index (χ3n) is 2.82. The highest BCUT2D eigenvalue weighted by molar-refractivity contribution is 6.44. The maximum Gasteiger partial charge on any atom is 0.314 e. The summed E-state index contributed by atoms with van der Waals surface area (Å²) in [6.07, 6.45) is 0. The molecular weight excluding hydrogens is 325 g/mol. The molecule has 6 nitrogen and oxygen atoms in total. The molecule has 0 fully saturated rings. The Bertz CT molecular complexity index is 795.